The third-order valence-electron chi connectivity index (χ3n) is 3.32. The number of nitrogens with zero attached hydrogens (tertiary/aromatic N) is 3. The number of halogens is 2. The molecule has 0 bridgehead atoms. The van der Waals surface area contributed by atoms with E-state index in [4.69, 9.17) is 23.2 Å². The fourth-order valence-electron chi connectivity index (χ4n) is 2.34. The maximum absolute atomic E-state index is 6.24. The summed E-state index contributed by atoms with van der Waals surface area (Å²) in [4.78, 5) is 8.75. The molecule has 3 aromatic rings. The highest BCUT2D eigenvalue weighted by Crippen LogP contribution is 2.27. The first kappa shape index (κ1) is 13.4. The summed E-state index contributed by atoms with van der Waals surface area (Å²) < 4.78 is 2.11. The molecule has 102 valence electrons. The van der Waals surface area contributed by atoms with Gasteiger partial charge >= 0.3 is 0 Å². The molecule has 3 rings (SSSR count). The number of imidazole rings is 1. The summed E-state index contributed by atoms with van der Waals surface area (Å²) in [7, 11) is 0. The molecule has 0 atom stereocenters. The molecule has 0 N–H and O–H groups in total. The maximum Gasteiger partial charge on any atom is 0.115 e. The predicted octanol–water partition coefficient (Wildman–Crippen LogP) is 4.16. The van der Waals surface area contributed by atoms with Crippen LogP contribution in [0.25, 0.3) is 16.7 Å². The molecule has 2 aromatic heterocycles. The topological polar surface area (TPSA) is 30.7 Å². The SMILES string of the molecule is Cc1c(Cl)cccc1-n1c(CCCl)nc2cnccc21. The number of fused-ring (bicyclic) bond motifs is 1. The van der Waals surface area contributed by atoms with E-state index in [1.54, 1.807) is 12.4 Å². The first-order chi connectivity index (χ1) is 9.72. The van der Waals surface area contributed by atoms with Gasteiger partial charge in [-0.05, 0) is 30.7 Å². The van der Waals surface area contributed by atoms with Crippen LogP contribution in [-0.2, 0) is 6.42 Å². The van der Waals surface area contributed by atoms with Crippen LogP contribution in [0.5, 0.6) is 0 Å². The largest absolute Gasteiger partial charge is 0.296 e. The molecule has 3 nitrogen and oxygen atoms in total. The van der Waals surface area contributed by atoms with Gasteiger partial charge in [-0.25, -0.2) is 4.98 Å². The van der Waals surface area contributed by atoms with Crippen LogP contribution in [0.3, 0.4) is 0 Å². The number of hydrogen-bond donors (Lipinski definition) is 0. The molecule has 20 heavy (non-hydrogen) atoms. The van der Waals surface area contributed by atoms with Crippen molar-refractivity contribution in [1.29, 1.82) is 0 Å². The quantitative estimate of drug-likeness (QED) is 0.680. The highest BCUT2D eigenvalue weighted by atomic mass is 35.5. The van der Waals surface area contributed by atoms with Crippen molar-refractivity contribution in [2.45, 2.75) is 13.3 Å². The van der Waals surface area contributed by atoms with E-state index in [9.17, 15) is 0 Å². The van der Waals surface area contributed by atoms with Gasteiger partial charge in [0.25, 0.3) is 0 Å². The first-order valence-electron chi connectivity index (χ1n) is 6.35. The van der Waals surface area contributed by atoms with Gasteiger partial charge in [-0.1, -0.05) is 17.7 Å². The molecule has 5 heteroatoms. The van der Waals surface area contributed by atoms with Crippen LogP contribution >= 0.6 is 23.2 Å². The lowest BCUT2D eigenvalue weighted by Gasteiger charge is -2.12. The first-order valence-corrected chi connectivity index (χ1v) is 7.26. The zero-order valence-electron chi connectivity index (χ0n) is 11.0. The van der Waals surface area contributed by atoms with Crippen LogP contribution in [0, 0.1) is 6.92 Å². The Morgan fingerprint density at radius 2 is 2.10 bits per heavy atom. The Hall–Kier alpha value is -1.58. The van der Waals surface area contributed by atoms with Crippen molar-refractivity contribution in [2.24, 2.45) is 0 Å². The Labute approximate surface area is 127 Å². The van der Waals surface area contributed by atoms with Crippen LogP contribution in [0.2, 0.25) is 5.02 Å². The van der Waals surface area contributed by atoms with Gasteiger partial charge < -0.3 is 0 Å². The van der Waals surface area contributed by atoms with Gasteiger partial charge in [0.1, 0.15) is 11.3 Å². The second-order valence-corrected chi connectivity index (χ2v) is 5.34. The molecule has 0 saturated carbocycles. The Kier molecular flexibility index (Phi) is 3.64. The number of alkyl halides is 1. The van der Waals surface area contributed by atoms with E-state index in [0.717, 1.165) is 33.1 Å². The van der Waals surface area contributed by atoms with Crippen molar-refractivity contribution in [3.05, 3.63) is 53.1 Å². The Morgan fingerprint density at radius 1 is 1.25 bits per heavy atom. The summed E-state index contributed by atoms with van der Waals surface area (Å²) in [6, 6.07) is 7.84. The molecule has 1 aromatic carbocycles. The van der Waals surface area contributed by atoms with Crippen molar-refractivity contribution < 1.29 is 0 Å². The van der Waals surface area contributed by atoms with E-state index >= 15 is 0 Å². The molecule has 0 fully saturated rings. The summed E-state index contributed by atoms with van der Waals surface area (Å²) in [6.45, 7) is 2.01. The molecule has 0 aliphatic carbocycles. The Balaban J connectivity index is 2.33. The Bertz CT molecular complexity index is 765. The fraction of sp³-hybridized carbons (Fsp3) is 0.200. The minimum absolute atomic E-state index is 0.524. The standard InChI is InChI=1S/C15H13Cl2N3/c1-10-11(17)3-2-4-13(10)20-14-6-8-18-9-12(14)19-15(20)5-7-16/h2-4,6,8-9H,5,7H2,1H3. The van der Waals surface area contributed by atoms with E-state index < -0.39 is 0 Å². The van der Waals surface area contributed by atoms with Gasteiger partial charge in [0, 0.05) is 23.5 Å². The minimum Gasteiger partial charge on any atom is -0.296 e. The summed E-state index contributed by atoms with van der Waals surface area (Å²) >= 11 is 12.1. The molecule has 0 saturated heterocycles. The molecular formula is C15H13Cl2N3. The maximum atomic E-state index is 6.24. The summed E-state index contributed by atoms with van der Waals surface area (Å²) in [5.74, 6) is 1.45. The van der Waals surface area contributed by atoms with Gasteiger partial charge in [-0.2, -0.15) is 0 Å². The van der Waals surface area contributed by atoms with Crippen molar-refractivity contribution >= 4 is 34.2 Å². The zero-order valence-corrected chi connectivity index (χ0v) is 12.5. The molecule has 0 aliphatic heterocycles. The smallest absolute Gasteiger partial charge is 0.115 e. The predicted molar refractivity (Wildman–Crippen MR) is 83.0 cm³/mol. The monoisotopic (exact) mass is 305 g/mol. The van der Waals surface area contributed by atoms with Crippen molar-refractivity contribution in [3.8, 4) is 5.69 Å². The van der Waals surface area contributed by atoms with E-state index in [0.29, 0.717) is 12.3 Å². The lowest BCUT2D eigenvalue weighted by Crippen LogP contribution is -2.04. The molecule has 0 unspecified atom stereocenters. The third kappa shape index (κ3) is 2.17. The highest BCUT2D eigenvalue weighted by Gasteiger charge is 2.14. The molecule has 0 amide bonds. The summed E-state index contributed by atoms with van der Waals surface area (Å²) in [5, 5.41) is 0.746. The molecule has 0 spiro atoms. The normalized spacial score (nSPS) is 11.2. The molecule has 0 aliphatic rings. The van der Waals surface area contributed by atoms with Gasteiger partial charge in [0.05, 0.1) is 17.4 Å². The second kappa shape index (κ2) is 5.43. The number of hydrogen-bond acceptors (Lipinski definition) is 2. The fourth-order valence-corrected chi connectivity index (χ4v) is 2.68. The summed E-state index contributed by atoms with van der Waals surface area (Å²) in [5.41, 5.74) is 3.95. The van der Waals surface area contributed by atoms with Crippen molar-refractivity contribution in [2.75, 3.05) is 5.88 Å². The van der Waals surface area contributed by atoms with E-state index in [2.05, 4.69) is 14.5 Å². The van der Waals surface area contributed by atoms with Gasteiger partial charge in [0.2, 0.25) is 0 Å². The summed E-state index contributed by atoms with van der Waals surface area (Å²) in [6.07, 6.45) is 4.23. The lowest BCUT2D eigenvalue weighted by atomic mass is 10.2. The van der Waals surface area contributed by atoms with Crippen LogP contribution in [0.1, 0.15) is 11.4 Å². The third-order valence-corrected chi connectivity index (χ3v) is 3.92. The second-order valence-electron chi connectivity index (χ2n) is 4.55. The van der Waals surface area contributed by atoms with Crippen LogP contribution in [0.4, 0.5) is 0 Å². The number of aromatic nitrogens is 3. The average Bonchev–Trinajstić information content (AvgIpc) is 2.80. The Morgan fingerprint density at radius 3 is 2.90 bits per heavy atom. The molecular weight excluding hydrogens is 293 g/mol. The molecule has 2 heterocycles. The van der Waals surface area contributed by atoms with Gasteiger partial charge in [0.15, 0.2) is 0 Å². The van der Waals surface area contributed by atoms with Crippen LogP contribution in [-0.4, -0.2) is 20.4 Å². The molecule has 0 radical (unpaired) electrons. The van der Waals surface area contributed by atoms with Gasteiger partial charge in [-0.15, -0.1) is 11.6 Å². The minimum atomic E-state index is 0.524. The van der Waals surface area contributed by atoms with E-state index in [1.165, 1.54) is 0 Å². The average molecular weight is 306 g/mol. The van der Waals surface area contributed by atoms with Crippen LogP contribution in [0.15, 0.2) is 36.7 Å². The van der Waals surface area contributed by atoms with Crippen LogP contribution < -0.4 is 0 Å². The highest BCUT2D eigenvalue weighted by molar-refractivity contribution is 6.31. The zero-order chi connectivity index (χ0) is 14.1. The number of rotatable bonds is 3. The van der Waals surface area contributed by atoms with Gasteiger partial charge in [-0.3, -0.25) is 9.55 Å². The number of aryl methyl sites for hydroxylation is 1. The number of pyridine rings is 1. The van der Waals surface area contributed by atoms with E-state index in [1.807, 2.05) is 31.2 Å². The van der Waals surface area contributed by atoms with Crippen molar-refractivity contribution in [1.82, 2.24) is 14.5 Å². The lowest BCUT2D eigenvalue weighted by molar-refractivity contribution is 0.907. The number of benzene rings is 1. The van der Waals surface area contributed by atoms with E-state index in [-0.39, 0.29) is 0 Å². The van der Waals surface area contributed by atoms with Crippen molar-refractivity contribution in [3.63, 3.8) is 0 Å².